The van der Waals surface area contributed by atoms with Crippen molar-refractivity contribution in [2.45, 2.75) is 6.42 Å². The first-order valence-electron chi connectivity index (χ1n) is 5.63. The molecule has 6 heteroatoms. The van der Waals surface area contributed by atoms with Crippen LogP contribution in [-0.4, -0.2) is 52.6 Å². The second-order valence-corrected chi connectivity index (χ2v) is 4.39. The van der Waals surface area contributed by atoms with Crippen LogP contribution in [0, 0.1) is 5.92 Å². The van der Waals surface area contributed by atoms with E-state index in [1.165, 1.54) is 6.20 Å². The molecule has 1 unspecified atom stereocenters. The van der Waals surface area contributed by atoms with Gasteiger partial charge in [0.15, 0.2) is 5.69 Å². The van der Waals surface area contributed by atoms with E-state index in [9.17, 15) is 4.79 Å². The highest BCUT2D eigenvalue weighted by Gasteiger charge is 2.19. The molecule has 0 aromatic carbocycles. The average molecular weight is 236 g/mol. The van der Waals surface area contributed by atoms with Crippen molar-refractivity contribution in [2.75, 3.05) is 32.0 Å². The first-order chi connectivity index (χ1) is 8.15. The number of nitrogens with zero attached hydrogens (tertiary/aromatic N) is 3. The van der Waals surface area contributed by atoms with Crippen LogP contribution in [0.15, 0.2) is 12.4 Å². The Bertz CT molecular complexity index is 410. The lowest BCUT2D eigenvalue weighted by Crippen LogP contribution is -2.19. The van der Waals surface area contributed by atoms with Crippen molar-refractivity contribution in [2.24, 2.45) is 5.92 Å². The third-order valence-corrected chi connectivity index (χ3v) is 2.91. The third kappa shape index (κ3) is 3.13. The highest BCUT2D eigenvalue weighted by molar-refractivity contribution is 5.85. The molecule has 1 aromatic rings. The van der Waals surface area contributed by atoms with Gasteiger partial charge >= 0.3 is 5.97 Å². The van der Waals surface area contributed by atoms with Crippen LogP contribution in [0.2, 0.25) is 0 Å². The van der Waals surface area contributed by atoms with E-state index in [1.54, 1.807) is 6.20 Å². The summed E-state index contributed by atoms with van der Waals surface area (Å²) in [6, 6.07) is 0. The molecule has 0 amide bonds. The Morgan fingerprint density at radius 2 is 2.47 bits per heavy atom. The lowest BCUT2D eigenvalue weighted by Gasteiger charge is -2.11. The van der Waals surface area contributed by atoms with E-state index in [-0.39, 0.29) is 5.69 Å². The minimum atomic E-state index is -1.05. The largest absolute Gasteiger partial charge is 0.476 e. The Morgan fingerprint density at radius 1 is 1.65 bits per heavy atom. The Balaban J connectivity index is 1.90. The Morgan fingerprint density at radius 3 is 3.12 bits per heavy atom. The van der Waals surface area contributed by atoms with Gasteiger partial charge in [-0.25, -0.2) is 9.78 Å². The van der Waals surface area contributed by atoms with E-state index >= 15 is 0 Å². The van der Waals surface area contributed by atoms with Gasteiger partial charge in [-0.05, 0) is 25.9 Å². The quantitative estimate of drug-likeness (QED) is 0.794. The van der Waals surface area contributed by atoms with Gasteiger partial charge in [0.2, 0.25) is 0 Å². The zero-order chi connectivity index (χ0) is 12.3. The number of carboxylic acids is 1. The standard InChI is InChI=1S/C11H16N4O2/c1-15-3-2-8(7-15)4-13-10-6-12-5-9(14-10)11(16)17/h5-6,8H,2-4,7H2,1H3,(H,13,14)(H,16,17). The lowest BCUT2D eigenvalue weighted by molar-refractivity contribution is 0.0690. The summed E-state index contributed by atoms with van der Waals surface area (Å²) in [5.74, 6) is 0.0662. The van der Waals surface area contributed by atoms with E-state index in [4.69, 9.17) is 5.11 Å². The van der Waals surface area contributed by atoms with Crippen LogP contribution < -0.4 is 5.32 Å². The summed E-state index contributed by atoms with van der Waals surface area (Å²) in [7, 11) is 2.10. The average Bonchev–Trinajstić information content (AvgIpc) is 2.73. The van der Waals surface area contributed by atoms with Gasteiger partial charge in [0.25, 0.3) is 0 Å². The van der Waals surface area contributed by atoms with E-state index in [1.807, 2.05) is 0 Å². The van der Waals surface area contributed by atoms with Crippen molar-refractivity contribution in [3.8, 4) is 0 Å². The normalized spacial score (nSPS) is 20.4. The van der Waals surface area contributed by atoms with Crippen molar-refractivity contribution in [1.82, 2.24) is 14.9 Å². The molecule has 0 bridgehead atoms. The molecule has 1 aliphatic heterocycles. The fourth-order valence-corrected chi connectivity index (χ4v) is 2.00. The van der Waals surface area contributed by atoms with E-state index in [0.29, 0.717) is 11.7 Å². The summed E-state index contributed by atoms with van der Waals surface area (Å²) in [5.41, 5.74) is -0.0291. The molecule has 2 heterocycles. The Labute approximate surface area is 99.7 Å². The lowest BCUT2D eigenvalue weighted by atomic mass is 10.1. The second kappa shape index (κ2) is 5.09. The summed E-state index contributed by atoms with van der Waals surface area (Å²) in [5, 5.41) is 11.9. The molecule has 0 aliphatic carbocycles. The number of anilines is 1. The number of hydrogen-bond donors (Lipinski definition) is 2. The first kappa shape index (κ1) is 11.8. The highest BCUT2D eigenvalue weighted by atomic mass is 16.4. The van der Waals surface area contributed by atoms with Crippen LogP contribution in [0.1, 0.15) is 16.9 Å². The second-order valence-electron chi connectivity index (χ2n) is 4.39. The number of likely N-dealkylation sites (tertiary alicyclic amines) is 1. The number of aromatic carboxylic acids is 1. The molecule has 92 valence electrons. The summed E-state index contributed by atoms with van der Waals surface area (Å²) < 4.78 is 0. The van der Waals surface area contributed by atoms with Gasteiger partial charge in [0, 0.05) is 13.1 Å². The molecule has 17 heavy (non-hydrogen) atoms. The number of carbonyl (C=O) groups is 1. The predicted molar refractivity (Wildman–Crippen MR) is 63.1 cm³/mol. The molecule has 1 aliphatic rings. The van der Waals surface area contributed by atoms with Gasteiger partial charge in [-0.2, -0.15) is 0 Å². The summed E-state index contributed by atoms with van der Waals surface area (Å²) in [4.78, 5) is 20.8. The van der Waals surface area contributed by atoms with Crippen molar-refractivity contribution in [3.05, 3.63) is 18.1 Å². The zero-order valence-electron chi connectivity index (χ0n) is 9.76. The third-order valence-electron chi connectivity index (χ3n) is 2.91. The van der Waals surface area contributed by atoms with Crippen LogP contribution in [0.3, 0.4) is 0 Å². The van der Waals surface area contributed by atoms with Crippen molar-refractivity contribution in [3.63, 3.8) is 0 Å². The summed E-state index contributed by atoms with van der Waals surface area (Å²) in [6.45, 7) is 2.99. The maximum absolute atomic E-state index is 10.7. The van der Waals surface area contributed by atoms with Crippen LogP contribution in [-0.2, 0) is 0 Å². The van der Waals surface area contributed by atoms with Gasteiger partial charge in [-0.3, -0.25) is 4.98 Å². The zero-order valence-corrected chi connectivity index (χ0v) is 9.76. The van der Waals surface area contributed by atoms with Gasteiger partial charge < -0.3 is 15.3 Å². The van der Waals surface area contributed by atoms with Gasteiger partial charge in [0.1, 0.15) is 5.82 Å². The maximum Gasteiger partial charge on any atom is 0.356 e. The van der Waals surface area contributed by atoms with Crippen LogP contribution in [0.5, 0.6) is 0 Å². The first-order valence-corrected chi connectivity index (χ1v) is 5.63. The van der Waals surface area contributed by atoms with Crippen molar-refractivity contribution >= 4 is 11.8 Å². The van der Waals surface area contributed by atoms with E-state index < -0.39 is 5.97 Å². The molecule has 2 rings (SSSR count). The Kier molecular flexibility index (Phi) is 3.53. The summed E-state index contributed by atoms with van der Waals surface area (Å²) >= 11 is 0. The van der Waals surface area contributed by atoms with Crippen LogP contribution in [0.25, 0.3) is 0 Å². The minimum Gasteiger partial charge on any atom is -0.476 e. The van der Waals surface area contributed by atoms with E-state index in [0.717, 1.165) is 26.1 Å². The highest BCUT2D eigenvalue weighted by Crippen LogP contribution is 2.14. The predicted octanol–water partition coefficient (Wildman–Crippen LogP) is 0.538. The van der Waals surface area contributed by atoms with Gasteiger partial charge in [-0.15, -0.1) is 0 Å². The molecular weight excluding hydrogens is 220 g/mol. The minimum absolute atomic E-state index is 0.0291. The number of carboxylic acid groups (broad SMARTS) is 1. The number of nitrogens with one attached hydrogen (secondary N) is 1. The molecule has 1 fully saturated rings. The SMILES string of the molecule is CN1CCC(CNc2cncc(C(=O)O)n2)C1. The van der Waals surface area contributed by atoms with E-state index in [2.05, 4.69) is 27.2 Å². The molecule has 0 spiro atoms. The molecule has 1 aromatic heterocycles. The molecular formula is C11H16N4O2. The molecule has 1 atom stereocenters. The molecule has 6 nitrogen and oxygen atoms in total. The smallest absolute Gasteiger partial charge is 0.356 e. The van der Waals surface area contributed by atoms with Crippen molar-refractivity contribution < 1.29 is 9.90 Å². The number of aromatic nitrogens is 2. The molecule has 0 saturated carbocycles. The topological polar surface area (TPSA) is 78.4 Å². The van der Waals surface area contributed by atoms with Crippen LogP contribution in [0.4, 0.5) is 5.82 Å². The fourth-order valence-electron chi connectivity index (χ4n) is 2.00. The summed E-state index contributed by atoms with van der Waals surface area (Å²) in [6.07, 6.45) is 3.96. The van der Waals surface area contributed by atoms with Crippen LogP contribution >= 0.6 is 0 Å². The number of hydrogen-bond acceptors (Lipinski definition) is 5. The molecule has 2 N–H and O–H groups in total. The maximum atomic E-state index is 10.7. The Hall–Kier alpha value is -1.69. The number of rotatable bonds is 4. The molecule has 1 saturated heterocycles. The fraction of sp³-hybridized carbons (Fsp3) is 0.545. The van der Waals surface area contributed by atoms with Gasteiger partial charge in [0.05, 0.1) is 12.4 Å². The molecule has 0 radical (unpaired) electrons. The van der Waals surface area contributed by atoms with Gasteiger partial charge in [-0.1, -0.05) is 0 Å². The van der Waals surface area contributed by atoms with Crippen molar-refractivity contribution in [1.29, 1.82) is 0 Å². The monoisotopic (exact) mass is 236 g/mol.